The van der Waals surface area contributed by atoms with Crippen molar-refractivity contribution in [3.05, 3.63) is 33.8 Å². The van der Waals surface area contributed by atoms with Gasteiger partial charge in [0.25, 0.3) is 5.91 Å². The van der Waals surface area contributed by atoms with E-state index >= 15 is 0 Å². The number of halogens is 4. The van der Waals surface area contributed by atoms with E-state index in [1.807, 2.05) is 6.26 Å². The number of rotatable bonds is 7. The maximum atomic E-state index is 12.8. The molecule has 1 rings (SSSR count). The van der Waals surface area contributed by atoms with Crippen LogP contribution in [-0.2, 0) is 6.18 Å². The number of unbranched alkanes of at least 4 members (excludes halogenated alkanes) is 2. The Morgan fingerprint density at radius 3 is 2.62 bits per heavy atom. The monoisotopic (exact) mass is 383 g/mol. The molecule has 1 N–H and O–H groups in total. The average Bonchev–Trinajstić information content (AvgIpc) is 2.41. The van der Waals surface area contributed by atoms with Crippen molar-refractivity contribution in [3.63, 3.8) is 0 Å². The van der Waals surface area contributed by atoms with Gasteiger partial charge in [-0.2, -0.15) is 24.9 Å². The third-order valence-electron chi connectivity index (χ3n) is 2.84. The summed E-state index contributed by atoms with van der Waals surface area (Å²) >= 11 is 4.62. The quantitative estimate of drug-likeness (QED) is 0.689. The second-order valence-electron chi connectivity index (χ2n) is 4.50. The van der Waals surface area contributed by atoms with E-state index in [-0.39, 0.29) is 10.0 Å². The molecule has 1 amide bonds. The van der Waals surface area contributed by atoms with Crippen molar-refractivity contribution in [2.75, 3.05) is 18.6 Å². The molecule has 1 aromatic carbocycles. The third-order valence-corrected chi connectivity index (χ3v) is 4.23. The van der Waals surface area contributed by atoms with Crippen molar-refractivity contribution in [1.82, 2.24) is 5.32 Å². The fourth-order valence-electron chi connectivity index (χ4n) is 1.74. The fraction of sp³-hybridized carbons (Fsp3) is 0.500. The van der Waals surface area contributed by atoms with Crippen LogP contribution in [0, 0.1) is 0 Å². The van der Waals surface area contributed by atoms with Crippen LogP contribution in [0.15, 0.2) is 22.7 Å². The Labute approximate surface area is 135 Å². The Bertz CT molecular complexity index is 480. The van der Waals surface area contributed by atoms with Crippen LogP contribution < -0.4 is 5.32 Å². The number of amides is 1. The van der Waals surface area contributed by atoms with E-state index in [1.54, 1.807) is 11.8 Å². The van der Waals surface area contributed by atoms with E-state index in [2.05, 4.69) is 21.2 Å². The predicted octanol–water partition coefficient (Wildman–Crippen LogP) is 4.73. The summed E-state index contributed by atoms with van der Waals surface area (Å²) in [7, 11) is 0. The van der Waals surface area contributed by atoms with Crippen LogP contribution in [0.2, 0.25) is 0 Å². The molecule has 0 fully saturated rings. The number of carbonyl (C=O) groups excluding carboxylic acids is 1. The van der Waals surface area contributed by atoms with E-state index < -0.39 is 17.6 Å². The molecule has 0 heterocycles. The zero-order valence-corrected chi connectivity index (χ0v) is 14.0. The van der Waals surface area contributed by atoms with E-state index in [1.165, 1.54) is 12.1 Å². The van der Waals surface area contributed by atoms with Crippen LogP contribution in [-0.4, -0.2) is 24.5 Å². The highest BCUT2D eigenvalue weighted by molar-refractivity contribution is 9.10. The van der Waals surface area contributed by atoms with E-state index in [0.717, 1.165) is 31.1 Å². The molecule has 118 valence electrons. The average molecular weight is 384 g/mol. The Hall–Kier alpha value is -0.690. The van der Waals surface area contributed by atoms with Crippen molar-refractivity contribution in [3.8, 4) is 0 Å². The van der Waals surface area contributed by atoms with Gasteiger partial charge in [-0.3, -0.25) is 4.79 Å². The summed E-state index contributed by atoms with van der Waals surface area (Å²) in [5.41, 5.74) is -0.815. The highest BCUT2D eigenvalue weighted by Gasteiger charge is 2.33. The number of carbonyl (C=O) groups is 1. The first-order chi connectivity index (χ1) is 9.86. The Kier molecular flexibility index (Phi) is 7.59. The summed E-state index contributed by atoms with van der Waals surface area (Å²) in [6.45, 7) is 0.477. The topological polar surface area (TPSA) is 29.1 Å². The molecule has 0 spiro atoms. The first-order valence-electron chi connectivity index (χ1n) is 6.50. The molecule has 0 aliphatic rings. The SMILES string of the molecule is CSCCCCCNC(=O)c1ccc(Br)c(C(F)(F)F)c1. The van der Waals surface area contributed by atoms with Crippen molar-refractivity contribution in [2.24, 2.45) is 0 Å². The van der Waals surface area contributed by atoms with E-state index in [9.17, 15) is 18.0 Å². The minimum absolute atomic E-state index is 0.0228. The molecular formula is C14H17BrF3NOS. The lowest BCUT2D eigenvalue weighted by Crippen LogP contribution is -2.25. The van der Waals surface area contributed by atoms with Crippen LogP contribution in [0.3, 0.4) is 0 Å². The van der Waals surface area contributed by atoms with Crippen molar-refractivity contribution in [1.29, 1.82) is 0 Å². The van der Waals surface area contributed by atoms with E-state index in [0.29, 0.717) is 6.54 Å². The summed E-state index contributed by atoms with van der Waals surface area (Å²) in [5.74, 6) is 0.605. The molecule has 0 unspecified atom stereocenters. The van der Waals surface area contributed by atoms with Gasteiger partial charge in [-0.15, -0.1) is 0 Å². The lowest BCUT2D eigenvalue weighted by atomic mass is 10.1. The Morgan fingerprint density at radius 1 is 1.29 bits per heavy atom. The highest BCUT2D eigenvalue weighted by atomic mass is 79.9. The zero-order valence-electron chi connectivity index (χ0n) is 11.6. The fourth-order valence-corrected chi connectivity index (χ4v) is 2.70. The van der Waals surface area contributed by atoms with Gasteiger partial charge < -0.3 is 5.32 Å². The van der Waals surface area contributed by atoms with Crippen molar-refractivity contribution in [2.45, 2.75) is 25.4 Å². The summed E-state index contributed by atoms with van der Waals surface area (Å²) in [6, 6.07) is 3.49. The van der Waals surface area contributed by atoms with Gasteiger partial charge in [0.15, 0.2) is 0 Å². The van der Waals surface area contributed by atoms with Gasteiger partial charge in [-0.05, 0) is 43.0 Å². The maximum Gasteiger partial charge on any atom is 0.417 e. The summed E-state index contributed by atoms with van der Waals surface area (Å²) in [6.07, 6.45) is 0.457. The minimum atomic E-state index is -4.48. The first kappa shape index (κ1) is 18.4. The number of alkyl halides is 3. The number of thioether (sulfide) groups is 1. The van der Waals surface area contributed by atoms with Crippen LogP contribution in [0.4, 0.5) is 13.2 Å². The summed E-state index contributed by atoms with van der Waals surface area (Å²) in [4.78, 5) is 11.8. The van der Waals surface area contributed by atoms with Gasteiger partial charge >= 0.3 is 6.18 Å². The van der Waals surface area contributed by atoms with E-state index in [4.69, 9.17) is 0 Å². The lowest BCUT2D eigenvalue weighted by Gasteiger charge is -2.11. The Balaban J connectivity index is 2.55. The van der Waals surface area contributed by atoms with Gasteiger partial charge in [-0.1, -0.05) is 22.4 Å². The molecule has 0 aliphatic heterocycles. The first-order valence-corrected chi connectivity index (χ1v) is 8.69. The maximum absolute atomic E-state index is 12.8. The van der Waals surface area contributed by atoms with Gasteiger partial charge in [0.05, 0.1) is 5.56 Å². The van der Waals surface area contributed by atoms with Crippen molar-refractivity contribution >= 4 is 33.6 Å². The van der Waals surface area contributed by atoms with Gasteiger partial charge in [0.2, 0.25) is 0 Å². The molecule has 2 nitrogen and oxygen atoms in total. The Morgan fingerprint density at radius 2 is 2.00 bits per heavy atom. The number of nitrogens with one attached hydrogen (secondary N) is 1. The molecular weight excluding hydrogens is 367 g/mol. The molecule has 0 saturated heterocycles. The molecule has 21 heavy (non-hydrogen) atoms. The molecule has 0 aromatic heterocycles. The normalized spacial score (nSPS) is 11.5. The third kappa shape index (κ3) is 6.30. The number of hydrogen-bond acceptors (Lipinski definition) is 2. The second kappa shape index (κ2) is 8.68. The van der Waals surface area contributed by atoms with Gasteiger partial charge in [0.1, 0.15) is 0 Å². The van der Waals surface area contributed by atoms with Crippen molar-refractivity contribution < 1.29 is 18.0 Å². The van der Waals surface area contributed by atoms with Crippen LogP contribution in [0.1, 0.15) is 35.2 Å². The summed E-state index contributed by atoms with van der Waals surface area (Å²) < 4.78 is 38.2. The highest BCUT2D eigenvalue weighted by Crippen LogP contribution is 2.35. The van der Waals surface area contributed by atoms with Gasteiger partial charge in [0, 0.05) is 16.6 Å². The number of benzene rings is 1. The zero-order chi connectivity index (χ0) is 15.9. The molecule has 1 aromatic rings. The molecule has 0 aliphatic carbocycles. The summed E-state index contributed by atoms with van der Waals surface area (Å²) in [5, 5.41) is 2.65. The van der Waals surface area contributed by atoms with Crippen LogP contribution in [0.5, 0.6) is 0 Å². The number of hydrogen-bond donors (Lipinski definition) is 1. The standard InChI is InChI=1S/C14H17BrF3NOS/c1-21-8-4-2-3-7-19-13(20)10-5-6-12(15)11(9-10)14(16,17)18/h5-6,9H,2-4,7-8H2,1H3,(H,19,20). The van der Waals surface area contributed by atoms with Crippen LogP contribution in [0.25, 0.3) is 0 Å². The molecule has 0 bridgehead atoms. The largest absolute Gasteiger partial charge is 0.417 e. The molecule has 0 atom stereocenters. The second-order valence-corrected chi connectivity index (χ2v) is 6.34. The molecule has 7 heteroatoms. The lowest BCUT2D eigenvalue weighted by molar-refractivity contribution is -0.138. The predicted molar refractivity (Wildman–Crippen MR) is 83.7 cm³/mol. The smallest absolute Gasteiger partial charge is 0.352 e. The van der Waals surface area contributed by atoms with Gasteiger partial charge in [-0.25, -0.2) is 0 Å². The van der Waals surface area contributed by atoms with Crippen LogP contribution >= 0.6 is 27.7 Å². The molecule has 0 saturated carbocycles. The minimum Gasteiger partial charge on any atom is -0.352 e. The molecule has 0 radical (unpaired) electrons.